The Balaban J connectivity index is 1.08. The Kier molecular flexibility index (Phi) is 7.99. The second kappa shape index (κ2) is 11.9. The molecule has 0 atom stereocenters. The van der Waals surface area contributed by atoms with E-state index in [-0.39, 0.29) is 11.9 Å². The van der Waals surface area contributed by atoms with Gasteiger partial charge >= 0.3 is 0 Å². The second-order valence-electron chi connectivity index (χ2n) is 8.70. The standard InChI is InChI=1S/C26H27ClN8O2/c27-22-8-6-19(7-9-22)24-21(4-2-10-28-24)18-35-13-11-34(12-14-35)15-16-37-23-5-1-3-20(17-23)25(36)29-26-30-32-33-31-26/h1-10,17H,11-16,18H2,(H2,29,30,31,32,33,36). The highest BCUT2D eigenvalue weighted by molar-refractivity contribution is 6.30. The first kappa shape index (κ1) is 24.8. The molecule has 11 heteroatoms. The summed E-state index contributed by atoms with van der Waals surface area (Å²) in [5, 5.41) is 16.5. The van der Waals surface area contributed by atoms with Crippen molar-refractivity contribution in [3.8, 4) is 17.0 Å². The summed E-state index contributed by atoms with van der Waals surface area (Å²) in [6.07, 6.45) is 1.83. The molecule has 0 aliphatic carbocycles. The predicted molar refractivity (Wildman–Crippen MR) is 140 cm³/mol. The monoisotopic (exact) mass is 518 g/mol. The number of nitrogens with zero attached hydrogens (tertiary/aromatic N) is 6. The van der Waals surface area contributed by atoms with Crippen molar-refractivity contribution in [3.05, 3.63) is 83.0 Å². The molecule has 190 valence electrons. The van der Waals surface area contributed by atoms with Crippen molar-refractivity contribution in [1.29, 1.82) is 0 Å². The Morgan fingerprint density at radius 3 is 2.62 bits per heavy atom. The quantitative estimate of drug-likeness (QED) is 0.347. The van der Waals surface area contributed by atoms with Crippen LogP contribution in [0.2, 0.25) is 5.02 Å². The zero-order chi connectivity index (χ0) is 25.5. The van der Waals surface area contributed by atoms with Gasteiger partial charge in [0.1, 0.15) is 12.4 Å². The van der Waals surface area contributed by atoms with Gasteiger partial charge in [0, 0.05) is 61.6 Å². The van der Waals surface area contributed by atoms with Gasteiger partial charge in [-0.15, -0.1) is 5.10 Å². The second-order valence-corrected chi connectivity index (χ2v) is 9.14. The van der Waals surface area contributed by atoms with Crippen LogP contribution in [0, 0.1) is 0 Å². The van der Waals surface area contributed by atoms with Gasteiger partial charge in [0.2, 0.25) is 0 Å². The maximum atomic E-state index is 12.4. The van der Waals surface area contributed by atoms with Crippen LogP contribution in [0.4, 0.5) is 5.95 Å². The van der Waals surface area contributed by atoms with Gasteiger partial charge in [0.25, 0.3) is 11.9 Å². The number of hydrogen-bond donors (Lipinski definition) is 2. The van der Waals surface area contributed by atoms with Gasteiger partial charge in [-0.2, -0.15) is 5.21 Å². The van der Waals surface area contributed by atoms with E-state index >= 15 is 0 Å². The van der Waals surface area contributed by atoms with Crippen LogP contribution in [0.25, 0.3) is 11.3 Å². The lowest BCUT2D eigenvalue weighted by molar-refractivity contribution is 0.102. The Morgan fingerprint density at radius 1 is 1.03 bits per heavy atom. The molecule has 2 N–H and O–H groups in total. The Morgan fingerprint density at radius 2 is 1.84 bits per heavy atom. The number of nitrogens with one attached hydrogen (secondary N) is 2. The summed E-state index contributed by atoms with van der Waals surface area (Å²) in [6.45, 7) is 6.09. The maximum absolute atomic E-state index is 12.4. The van der Waals surface area contributed by atoms with E-state index in [0.29, 0.717) is 17.9 Å². The van der Waals surface area contributed by atoms with Gasteiger partial charge in [-0.05, 0) is 47.2 Å². The van der Waals surface area contributed by atoms with E-state index < -0.39 is 0 Å². The number of carbonyl (C=O) groups is 1. The van der Waals surface area contributed by atoms with Gasteiger partial charge in [-0.3, -0.25) is 24.9 Å². The number of H-pyrrole nitrogens is 1. The molecule has 1 fully saturated rings. The van der Waals surface area contributed by atoms with Crippen LogP contribution >= 0.6 is 11.6 Å². The number of halogens is 1. The molecule has 0 saturated carbocycles. The average Bonchev–Trinajstić information content (AvgIpc) is 3.44. The highest BCUT2D eigenvalue weighted by Crippen LogP contribution is 2.24. The lowest BCUT2D eigenvalue weighted by atomic mass is 10.1. The first-order valence-corrected chi connectivity index (χ1v) is 12.4. The molecule has 3 heterocycles. The minimum absolute atomic E-state index is 0.125. The highest BCUT2D eigenvalue weighted by atomic mass is 35.5. The summed E-state index contributed by atoms with van der Waals surface area (Å²) in [4.78, 5) is 21.8. The molecule has 1 aliphatic heterocycles. The van der Waals surface area contributed by atoms with E-state index in [1.165, 1.54) is 5.56 Å². The van der Waals surface area contributed by atoms with Crippen LogP contribution in [0.15, 0.2) is 66.9 Å². The fourth-order valence-corrected chi connectivity index (χ4v) is 4.38. The van der Waals surface area contributed by atoms with Crippen molar-refractivity contribution >= 4 is 23.5 Å². The maximum Gasteiger partial charge on any atom is 0.270 e. The molecule has 2 aromatic carbocycles. The third-order valence-corrected chi connectivity index (χ3v) is 6.46. The number of tetrazole rings is 1. The largest absolute Gasteiger partial charge is 0.492 e. The van der Waals surface area contributed by atoms with E-state index in [1.807, 2.05) is 42.6 Å². The van der Waals surface area contributed by atoms with E-state index in [4.69, 9.17) is 16.3 Å². The molecule has 1 aliphatic rings. The number of ether oxygens (including phenoxy) is 1. The van der Waals surface area contributed by atoms with Crippen molar-refractivity contribution in [2.75, 3.05) is 44.6 Å². The van der Waals surface area contributed by atoms with Crippen LogP contribution in [-0.4, -0.2) is 80.6 Å². The fourth-order valence-electron chi connectivity index (χ4n) is 4.25. The average molecular weight is 519 g/mol. The molecule has 2 aromatic heterocycles. The molecule has 0 spiro atoms. The minimum atomic E-state index is -0.323. The Hall–Kier alpha value is -3.86. The van der Waals surface area contributed by atoms with Gasteiger partial charge in [-0.1, -0.05) is 41.0 Å². The molecule has 5 rings (SSSR count). The summed E-state index contributed by atoms with van der Waals surface area (Å²) in [5.41, 5.74) is 3.75. The first-order valence-electron chi connectivity index (χ1n) is 12.1. The third kappa shape index (κ3) is 6.67. The Labute approximate surface area is 219 Å². The van der Waals surface area contributed by atoms with E-state index in [0.717, 1.165) is 55.5 Å². The number of hydrogen-bond acceptors (Lipinski definition) is 8. The number of piperazine rings is 1. The molecule has 0 bridgehead atoms. The molecule has 1 saturated heterocycles. The number of benzene rings is 2. The molecular weight excluding hydrogens is 492 g/mol. The van der Waals surface area contributed by atoms with Crippen molar-refractivity contribution in [2.24, 2.45) is 0 Å². The van der Waals surface area contributed by atoms with E-state index in [2.05, 4.69) is 46.8 Å². The molecule has 1 amide bonds. The zero-order valence-corrected chi connectivity index (χ0v) is 20.9. The summed E-state index contributed by atoms with van der Waals surface area (Å²) >= 11 is 6.06. The van der Waals surface area contributed by atoms with Gasteiger partial charge < -0.3 is 4.74 Å². The number of aromatic nitrogens is 5. The molecule has 10 nitrogen and oxygen atoms in total. The third-order valence-electron chi connectivity index (χ3n) is 6.21. The number of rotatable bonds is 9. The molecule has 0 radical (unpaired) electrons. The van der Waals surface area contributed by atoms with Crippen molar-refractivity contribution in [1.82, 2.24) is 35.4 Å². The van der Waals surface area contributed by atoms with Crippen molar-refractivity contribution < 1.29 is 9.53 Å². The highest BCUT2D eigenvalue weighted by Gasteiger charge is 2.19. The van der Waals surface area contributed by atoms with Crippen LogP contribution in [-0.2, 0) is 6.54 Å². The van der Waals surface area contributed by atoms with Crippen LogP contribution in [0.5, 0.6) is 5.75 Å². The molecular formula is C26H27ClN8O2. The van der Waals surface area contributed by atoms with E-state index in [1.54, 1.807) is 18.2 Å². The fraction of sp³-hybridized carbons (Fsp3) is 0.269. The smallest absolute Gasteiger partial charge is 0.270 e. The SMILES string of the molecule is O=C(Nc1nn[nH]n1)c1cccc(OCCN2CCN(Cc3cccnc3-c3ccc(Cl)cc3)CC2)c1. The predicted octanol–water partition coefficient (Wildman–Crippen LogP) is 3.36. The Bertz CT molecular complexity index is 1310. The summed E-state index contributed by atoms with van der Waals surface area (Å²) in [7, 11) is 0. The van der Waals surface area contributed by atoms with Gasteiger partial charge in [0.15, 0.2) is 0 Å². The number of aromatic amines is 1. The molecule has 37 heavy (non-hydrogen) atoms. The molecule has 0 unspecified atom stereocenters. The first-order chi connectivity index (χ1) is 18.1. The van der Waals surface area contributed by atoms with Crippen LogP contribution < -0.4 is 10.1 Å². The van der Waals surface area contributed by atoms with Crippen molar-refractivity contribution in [3.63, 3.8) is 0 Å². The van der Waals surface area contributed by atoms with Crippen LogP contribution in [0.1, 0.15) is 15.9 Å². The van der Waals surface area contributed by atoms with E-state index in [9.17, 15) is 4.79 Å². The van der Waals surface area contributed by atoms with Gasteiger partial charge in [-0.25, -0.2) is 0 Å². The summed E-state index contributed by atoms with van der Waals surface area (Å²) in [5.74, 6) is 0.446. The number of anilines is 1. The topological polar surface area (TPSA) is 112 Å². The van der Waals surface area contributed by atoms with Gasteiger partial charge in [0.05, 0.1) is 5.69 Å². The minimum Gasteiger partial charge on any atom is -0.492 e. The number of carbonyl (C=O) groups excluding carboxylic acids is 1. The lowest BCUT2D eigenvalue weighted by Gasteiger charge is -2.34. The zero-order valence-electron chi connectivity index (χ0n) is 20.2. The normalized spacial score (nSPS) is 14.4. The summed E-state index contributed by atoms with van der Waals surface area (Å²) < 4.78 is 5.93. The number of amides is 1. The molecule has 4 aromatic rings. The lowest BCUT2D eigenvalue weighted by Crippen LogP contribution is -2.47. The number of pyridine rings is 1. The van der Waals surface area contributed by atoms with Crippen LogP contribution in [0.3, 0.4) is 0 Å². The summed E-state index contributed by atoms with van der Waals surface area (Å²) in [6, 6.07) is 19.0. The van der Waals surface area contributed by atoms with Crippen molar-refractivity contribution in [2.45, 2.75) is 6.54 Å².